The third-order valence-electron chi connectivity index (χ3n) is 3.57. The molecule has 1 aliphatic heterocycles. The molecule has 0 spiro atoms. The first-order valence-corrected chi connectivity index (χ1v) is 7.32. The topological polar surface area (TPSA) is 45.2 Å². The summed E-state index contributed by atoms with van der Waals surface area (Å²) in [5, 5.41) is 4.42. The summed E-state index contributed by atoms with van der Waals surface area (Å²) in [6.07, 6.45) is 1.51. The molecule has 1 fully saturated rings. The number of aromatic nitrogens is 1. The molecule has 19 heavy (non-hydrogen) atoms. The highest BCUT2D eigenvalue weighted by Crippen LogP contribution is 2.29. The first-order valence-electron chi connectivity index (χ1n) is 6.50. The maximum absolute atomic E-state index is 11.5. The zero-order valence-corrected chi connectivity index (χ0v) is 12.0. The van der Waals surface area contributed by atoms with Crippen molar-refractivity contribution in [3.05, 3.63) is 23.8 Å². The average Bonchev–Trinajstić information content (AvgIpc) is 2.78. The molecule has 1 aromatic carbocycles. The van der Waals surface area contributed by atoms with Gasteiger partial charge in [-0.25, -0.2) is 4.98 Å². The van der Waals surface area contributed by atoms with E-state index in [0.717, 1.165) is 23.6 Å². The van der Waals surface area contributed by atoms with Crippen molar-refractivity contribution in [3.63, 3.8) is 0 Å². The average molecular weight is 275 g/mol. The third-order valence-corrected chi connectivity index (χ3v) is 4.53. The van der Waals surface area contributed by atoms with E-state index in [0.29, 0.717) is 12.5 Å². The molecule has 1 amide bonds. The number of piperidine rings is 1. The summed E-state index contributed by atoms with van der Waals surface area (Å²) in [5.41, 5.74) is 2.29. The van der Waals surface area contributed by atoms with Crippen LogP contribution in [0.25, 0.3) is 10.2 Å². The molecular weight excluding hydrogens is 258 g/mol. The fraction of sp³-hybridized carbons (Fsp3) is 0.429. The molecular formula is C14H17N3OS. The van der Waals surface area contributed by atoms with E-state index in [4.69, 9.17) is 0 Å². The van der Waals surface area contributed by atoms with E-state index in [9.17, 15) is 4.79 Å². The van der Waals surface area contributed by atoms with Crippen molar-refractivity contribution in [3.8, 4) is 0 Å². The maximum Gasteiger partial charge on any atom is 0.222 e. The number of fused-ring (bicyclic) bond motifs is 1. The van der Waals surface area contributed by atoms with E-state index in [-0.39, 0.29) is 5.91 Å². The van der Waals surface area contributed by atoms with Crippen LogP contribution in [0, 0.1) is 6.92 Å². The number of carbonyl (C=O) groups is 1. The number of nitrogens with one attached hydrogen (secondary N) is 1. The van der Waals surface area contributed by atoms with Gasteiger partial charge in [0.05, 0.1) is 10.2 Å². The van der Waals surface area contributed by atoms with E-state index in [1.807, 2.05) is 7.05 Å². The van der Waals surface area contributed by atoms with Gasteiger partial charge in [0.2, 0.25) is 5.91 Å². The minimum Gasteiger partial charge on any atom is -0.357 e. The smallest absolute Gasteiger partial charge is 0.222 e. The highest BCUT2D eigenvalue weighted by atomic mass is 32.1. The number of likely N-dealkylation sites (tertiary alicyclic amines) is 1. The summed E-state index contributed by atoms with van der Waals surface area (Å²) in [4.78, 5) is 17.9. The molecule has 1 atom stereocenters. The number of thiazole rings is 1. The molecule has 0 aliphatic carbocycles. The lowest BCUT2D eigenvalue weighted by Gasteiger charge is -2.29. The van der Waals surface area contributed by atoms with Gasteiger partial charge in [-0.05, 0) is 25.0 Å². The summed E-state index contributed by atoms with van der Waals surface area (Å²) in [5.74, 6) is 0.234. The van der Waals surface area contributed by atoms with Gasteiger partial charge in [-0.15, -0.1) is 0 Å². The molecule has 0 bridgehead atoms. The molecule has 0 radical (unpaired) electrons. The van der Waals surface area contributed by atoms with Crippen molar-refractivity contribution in [1.29, 1.82) is 0 Å². The first-order chi connectivity index (χ1) is 9.13. The summed E-state index contributed by atoms with van der Waals surface area (Å²) >= 11 is 1.68. The second-order valence-corrected chi connectivity index (χ2v) is 6.13. The third kappa shape index (κ3) is 2.42. The molecule has 5 heteroatoms. The number of anilines is 1. The van der Waals surface area contributed by atoms with E-state index >= 15 is 0 Å². The van der Waals surface area contributed by atoms with Gasteiger partial charge in [0, 0.05) is 26.1 Å². The van der Waals surface area contributed by atoms with Crippen LogP contribution in [0.15, 0.2) is 18.2 Å². The van der Waals surface area contributed by atoms with Gasteiger partial charge in [0.1, 0.15) is 0 Å². The number of rotatable bonds is 2. The summed E-state index contributed by atoms with van der Waals surface area (Å²) in [6.45, 7) is 2.84. The maximum atomic E-state index is 11.5. The Morgan fingerprint density at radius 1 is 1.47 bits per heavy atom. The quantitative estimate of drug-likeness (QED) is 0.916. The number of amides is 1. The largest absolute Gasteiger partial charge is 0.357 e. The predicted molar refractivity (Wildman–Crippen MR) is 78.6 cm³/mol. The second-order valence-electron chi connectivity index (χ2n) is 5.09. The minimum atomic E-state index is 0.234. The molecule has 2 aromatic rings. The van der Waals surface area contributed by atoms with Gasteiger partial charge in [-0.3, -0.25) is 4.79 Å². The summed E-state index contributed by atoms with van der Waals surface area (Å²) in [7, 11) is 1.86. The minimum absolute atomic E-state index is 0.234. The predicted octanol–water partition coefficient (Wildman–Crippen LogP) is 2.64. The highest BCUT2D eigenvalue weighted by Gasteiger charge is 2.23. The monoisotopic (exact) mass is 275 g/mol. The van der Waals surface area contributed by atoms with Crippen LogP contribution >= 0.6 is 11.3 Å². The van der Waals surface area contributed by atoms with Gasteiger partial charge < -0.3 is 10.2 Å². The molecule has 1 saturated heterocycles. The van der Waals surface area contributed by atoms with E-state index in [1.165, 1.54) is 10.3 Å². The Balaban J connectivity index is 1.78. The molecule has 1 N–H and O–H groups in total. The van der Waals surface area contributed by atoms with Crippen LogP contribution in [0.3, 0.4) is 0 Å². The van der Waals surface area contributed by atoms with Gasteiger partial charge in [0.25, 0.3) is 0 Å². The molecule has 4 nitrogen and oxygen atoms in total. The molecule has 100 valence electrons. The lowest BCUT2D eigenvalue weighted by molar-refractivity contribution is -0.132. The van der Waals surface area contributed by atoms with Crippen LogP contribution in [-0.2, 0) is 4.79 Å². The van der Waals surface area contributed by atoms with E-state index in [1.54, 1.807) is 16.2 Å². The van der Waals surface area contributed by atoms with Crippen LogP contribution in [0.4, 0.5) is 5.13 Å². The van der Waals surface area contributed by atoms with E-state index < -0.39 is 0 Å². The number of likely N-dealkylation sites (N-methyl/N-ethyl adjacent to an activating group) is 1. The van der Waals surface area contributed by atoms with Gasteiger partial charge in [-0.2, -0.15) is 0 Å². The van der Waals surface area contributed by atoms with Crippen LogP contribution in [-0.4, -0.2) is 35.4 Å². The van der Waals surface area contributed by atoms with Gasteiger partial charge in [0.15, 0.2) is 5.13 Å². The highest BCUT2D eigenvalue weighted by molar-refractivity contribution is 7.22. The Bertz CT molecular complexity index is 622. The number of nitrogens with zero attached hydrogens (tertiary/aromatic N) is 2. The van der Waals surface area contributed by atoms with Crippen LogP contribution in [0.1, 0.15) is 18.4 Å². The standard InChI is InChI=1S/C14H17N3OS/c1-9-4-3-5-11-13(9)16-14(19-11)15-10-6-7-12(18)17(2)8-10/h3-5,10H,6-8H2,1-2H3,(H,15,16). The molecule has 1 unspecified atom stereocenters. The van der Waals surface area contributed by atoms with Crippen LogP contribution in [0.5, 0.6) is 0 Å². The molecule has 2 heterocycles. The number of benzene rings is 1. The lowest BCUT2D eigenvalue weighted by Crippen LogP contribution is -2.43. The van der Waals surface area contributed by atoms with Crippen molar-refractivity contribution in [2.24, 2.45) is 0 Å². The number of para-hydroxylation sites is 1. The van der Waals surface area contributed by atoms with Gasteiger partial charge in [-0.1, -0.05) is 23.5 Å². The number of hydrogen-bond donors (Lipinski definition) is 1. The van der Waals surface area contributed by atoms with E-state index in [2.05, 4.69) is 35.4 Å². The Labute approximate surface area is 116 Å². The van der Waals surface area contributed by atoms with Crippen molar-refractivity contribution < 1.29 is 4.79 Å². The normalized spacial score (nSPS) is 20.0. The Kier molecular flexibility index (Phi) is 3.14. The molecule has 0 saturated carbocycles. The van der Waals surface area contributed by atoms with Crippen molar-refractivity contribution in [2.45, 2.75) is 25.8 Å². The zero-order valence-electron chi connectivity index (χ0n) is 11.1. The van der Waals surface area contributed by atoms with Crippen molar-refractivity contribution in [2.75, 3.05) is 18.9 Å². The fourth-order valence-electron chi connectivity index (χ4n) is 2.45. The molecule has 3 rings (SSSR count). The first kappa shape index (κ1) is 12.4. The Morgan fingerprint density at radius 2 is 2.32 bits per heavy atom. The number of aryl methyl sites for hydroxylation is 1. The summed E-state index contributed by atoms with van der Waals surface area (Å²) in [6, 6.07) is 6.55. The number of hydrogen-bond acceptors (Lipinski definition) is 4. The SMILES string of the molecule is Cc1cccc2sc(NC3CCC(=O)N(C)C3)nc12. The Morgan fingerprint density at radius 3 is 3.05 bits per heavy atom. The Hall–Kier alpha value is -1.62. The summed E-state index contributed by atoms with van der Waals surface area (Å²) < 4.78 is 1.21. The fourth-order valence-corrected chi connectivity index (χ4v) is 3.47. The van der Waals surface area contributed by atoms with Crippen LogP contribution < -0.4 is 5.32 Å². The zero-order chi connectivity index (χ0) is 13.4. The van der Waals surface area contributed by atoms with Crippen molar-refractivity contribution >= 4 is 32.6 Å². The number of carbonyl (C=O) groups excluding carboxylic acids is 1. The van der Waals surface area contributed by atoms with Gasteiger partial charge >= 0.3 is 0 Å². The second kappa shape index (κ2) is 4.81. The van der Waals surface area contributed by atoms with Crippen LogP contribution in [0.2, 0.25) is 0 Å². The molecule has 1 aromatic heterocycles. The molecule has 1 aliphatic rings. The lowest BCUT2D eigenvalue weighted by atomic mass is 10.1. The van der Waals surface area contributed by atoms with Crippen molar-refractivity contribution in [1.82, 2.24) is 9.88 Å².